The van der Waals surface area contributed by atoms with Gasteiger partial charge in [-0.2, -0.15) is 0 Å². The van der Waals surface area contributed by atoms with Crippen LogP contribution in [0.25, 0.3) is 0 Å². The Morgan fingerprint density at radius 2 is 1.87 bits per heavy atom. The van der Waals surface area contributed by atoms with Crippen molar-refractivity contribution in [2.24, 2.45) is 5.92 Å². The van der Waals surface area contributed by atoms with Crippen molar-refractivity contribution in [1.82, 2.24) is 20.2 Å². The Morgan fingerprint density at radius 3 is 2.54 bits per heavy atom. The van der Waals surface area contributed by atoms with Gasteiger partial charge in [-0.3, -0.25) is 10.2 Å². The summed E-state index contributed by atoms with van der Waals surface area (Å²) >= 11 is 3.49. The van der Waals surface area contributed by atoms with Gasteiger partial charge in [-0.1, -0.05) is 35.0 Å². The smallest absolute Gasteiger partial charge is 0.135 e. The summed E-state index contributed by atoms with van der Waals surface area (Å²) in [7, 11) is 0. The van der Waals surface area contributed by atoms with Crippen LogP contribution in [0, 0.1) is 5.92 Å². The van der Waals surface area contributed by atoms with Crippen LogP contribution in [0.2, 0.25) is 0 Å². The number of aromatic nitrogens is 2. The summed E-state index contributed by atoms with van der Waals surface area (Å²) in [6.07, 6.45) is 5.18. The molecule has 5 atom stereocenters. The number of hydrogen-bond donors (Lipinski definition) is 3. The van der Waals surface area contributed by atoms with Crippen LogP contribution in [0.4, 0.5) is 5.82 Å². The van der Waals surface area contributed by atoms with Crippen LogP contribution in [0.3, 0.4) is 0 Å². The zero-order valence-electron chi connectivity index (χ0n) is 22.6. The molecular formula is C29H40BrN5O4. The largest absolute Gasteiger partial charge is 0.395 e. The Morgan fingerprint density at radius 1 is 1.15 bits per heavy atom. The quantitative estimate of drug-likeness (QED) is 0.354. The fourth-order valence-electron chi connectivity index (χ4n) is 6.45. The second kappa shape index (κ2) is 13.1. The van der Waals surface area contributed by atoms with Gasteiger partial charge in [0.05, 0.1) is 24.6 Å². The number of fused-ring (bicyclic) bond motifs is 1. The number of halogens is 1. The second-order valence-corrected chi connectivity index (χ2v) is 12.0. The average molecular weight is 603 g/mol. The molecule has 1 aromatic heterocycles. The molecule has 10 heteroatoms. The van der Waals surface area contributed by atoms with Crippen molar-refractivity contribution in [2.75, 3.05) is 50.9 Å². The second-order valence-electron chi connectivity index (χ2n) is 11.1. The third-order valence-corrected chi connectivity index (χ3v) is 9.24. The zero-order chi connectivity index (χ0) is 27.4. The highest BCUT2D eigenvalue weighted by Gasteiger charge is 2.35. The highest BCUT2D eigenvalue weighted by molar-refractivity contribution is 9.10. The third-order valence-electron chi connectivity index (χ3n) is 8.71. The number of nitrogens with one attached hydrogen (secondary N) is 1. The van der Waals surface area contributed by atoms with Gasteiger partial charge >= 0.3 is 0 Å². The van der Waals surface area contributed by atoms with Gasteiger partial charge in [0, 0.05) is 61.4 Å². The first-order valence-corrected chi connectivity index (χ1v) is 14.9. The molecule has 0 saturated carbocycles. The van der Waals surface area contributed by atoms with Crippen LogP contribution in [-0.4, -0.2) is 89.6 Å². The summed E-state index contributed by atoms with van der Waals surface area (Å²) in [5, 5.41) is 24.6. The van der Waals surface area contributed by atoms with Gasteiger partial charge < -0.3 is 24.6 Å². The lowest BCUT2D eigenvalue weighted by Crippen LogP contribution is -2.59. The Labute approximate surface area is 239 Å². The Kier molecular flexibility index (Phi) is 9.63. The molecule has 1 aromatic carbocycles. The van der Waals surface area contributed by atoms with Crippen molar-refractivity contribution < 1.29 is 19.7 Å². The van der Waals surface area contributed by atoms with Crippen molar-refractivity contribution in [3.8, 4) is 0 Å². The number of aliphatic hydroxyl groups is 2. The number of aldehydes is 1. The van der Waals surface area contributed by atoms with Crippen LogP contribution >= 0.6 is 15.9 Å². The van der Waals surface area contributed by atoms with Crippen molar-refractivity contribution in [1.29, 1.82) is 0 Å². The number of aliphatic hydroxyl groups excluding tert-OH is 2. The van der Waals surface area contributed by atoms with Crippen LogP contribution in [0.15, 0.2) is 35.1 Å². The highest BCUT2D eigenvalue weighted by Crippen LogP contribution is 2.42. The van der Waals surface area contributed by atoms with E-state index in [-0.39, 0.29) is 30.7 Å². The van der Waals surface area contributed by atoms with Gasteiger partial charge in [-0.15, -0.1) is 0 Å². The van der Waals surface area contributed by atoms with E-state index in [1.54, 1.807) is 6.33 Å². The van der Waals surface area contributed by atoms with Crippen molar-refractivity contribution in [3.63, 3.8) is 0 Å². The molecule has 3 heterocycles. The van der Waals surface area contributed by atoms with E-state index in [1.165, 1.54) is 0 Å². The molecule has 2 aliphatic heterocycles. The number of piperazine rings is 1. The van der Waals surface area contributed by atoms with Gasteiger partial charge in [-0.25, -0.2) is 9.97 Å². The summed E-state index contributed by atoms with van der Waals surface area (Å²) in [5.41, 5.74) is 2.83. The molecule has 2 saturated heterocycles. The van der Waals surface area contributed by atoms with Gasteiger partial charge in [0.1, 0.15) is 18.4 Å². The SMILES string of the molecule is C[C@@H]1C[C@@H](O)c2ncnc(N3CCN(C(C[C@@H](C=O)c4ccc(Br)cc4)NC(CO)C4CCOCC4)CC3)c21. The van der Waals surface area contributed by atoms with Gasteiger partial charge in [0.15, 0.2) is 0 Å². The summed E-state index contributed by atoms with van der Waals surface area (Å²) in [5.74, 6) is 1.24. The maximum Gasteiger partial charge on any atom is 0.135 e. The molecule has 1 aliphatic carbocycles. The number of carbonyl (C=O) groups is 1. The van der Waals surface area contributed by atoms with Crippen LogP contribution in [-0.2, 0) is 9.53 Å². The first-order chi connectivity index (χ1) is 19.0. The summed E-state index contributed by atoms with van der Waals surface area (Å²) in [4.78, 5) is 26.0. The number of ether oxygens (including phenoxy) is 1. The van der Waals surface area contributed by atoms with E-state index in [2.05, 4.69) is 47.9 Å². The predicted molar refractivity (Wildman–Crippen MR) is 153 cm³/mol. The highest BCUT2D eigenvalue weighted by atomic mass is 79.9. The van der Waals surface area contributed by atoms with Crippen LogP contribution in [0.1, 0.15) is 67.4 Å². The molecule has 0 bridgehead atoms. The molecule has 0 amide bonds. The van der Waals surface area contributed by atoms with E-state index < -0.39 is 6.10 Å². The predicted octanol–water partition coefficient (Wildman–Crippen LogP) is 2.98. The van der Waals surface area contributed by atoms with E-state index in [0.717, 1.165) is 85.6 Å². The fourth-order valence-corrected chi connectivity index (χ4v) is 6.71. The normalized spacial score (nSPS) is 24.8. The molecule has 3 N–H and O–H groups in total. The van der Waals surface area contributed by atoms with Gasteiger partial charge in [0.2, 0.25) is 0 Å². The molecule has 2 unspecified atom stereocenters. The van der Waals surface area contributed by atoms with E-state index >= 15 is 0 Å². The summed E-state index contributed by atoms with van der Waals surface area (Å²) in [6, 6.07) is 7.91. The molecule has 212 valence electrons. The Balaban J connectivity index is 1.33. The van der Waals surface area contributed by atoms with Crippen molar-refractivity contribution in [2.45, 2.75) is 62.8 Å². The van der Waals surface area contributed by atoms with Crippen molar-refractivity contribution in [3.05, 3.63) is 51.9 Å². The summed E-state index contributed by atoms with van der Waals surface area (Å²) in [6.45, 7) is 6.79. The standard InChI is InChI=1S/C29H40BrN5O4/c1-19-14-25(38)28-27(19)29(32-18-31-28)35-10-8-34(9-11-35)26(33-24(17-37)21-6-12-39-13-7-21)15-22(16-36)20-2-4-23(30)5-3-20/h2-5,16,18-19,21-22,24-26,33,37-38H,6-15,17H2,1H3/t19-,22+,24?,25-,26?/m1/s1. The minimum Gasteiger partial charge on any atom is -0.395 e. The monoisotopic (exact) mass is 601 g/mol. The zero-order valence-corrected chi connectivity index (χ0v) is 24.2. The number of hydrogen-bond acceptors (Lipinski definition) is 9. The van der Waals surface area contributed by atoms with Crippen LogP contribution in [0.5, 0.6) is 0 Å². The van der Waals surface area contributed by atoms with Gasteiger partial charge in [-0.05, 0) is 55.2 Å². The lowest BCUT2D eigenvalue weighted by Gasteiger charge is -2.43. The fraction of sp³-hybridized carbons (Fsp3) is 0.621. The average Bonchev–Trinajstić information content (AvgIpc) is 3.27. The maximum atomic E-state index is 12.3. The van der Waals surface area contributed by atoms with E-state index in [9.17, 15) is 15.0 Å². The molecule has 0 radical (unpaired) electrons. The third kappa shape index (κ3) is 6.52. The minimum atomic E-state index is -0.522. The van der Waals surface area contributed by atoms with E-state index in [4.69, 9.17) is 4.74 Å². The Hall–Kier alpha value is -1.95. The molecule has 9 nitrogen and oxygen atoms in total. The molecular weight excluding hydrogens is 562 g/mol. The molecule has 0 spiro atoms. The lowest BCUT2D eigenvalue weighted by molar-refractivity contribution is -0.109. The number of benzene rings is 1. The van der Waals surface area contributed by atoms with E-state index in [0.29, 0.717) is 18.8 Å². The minimum absolute atomic E-state index is 0.0540. The summed E-state index contributed by atoms with van der Waals surface area (Å²) < 4.78 is 6.55. The van der Waals surface area contributed by atoms with Gasteiger partial charge in [0.25, 0.3) is 0 Å². The number of carbonyl (C=O) groups excluding carboxylic acids is 1. The number of rotatable bonds is 10. The van der Waals surface area contributed by atoms with Crippen molar-refractivity contribution >= 4 is 28.0 Å². The number of anilines is 1. The van der Waals surface area contributed by atoms with E-state index in [1.807, 2.05) is 24.3 Å². The molecule has 39 heavy (non-hydrogen) atoms. The Bertz CT molecular complexity index is 1090. The first kappa shape index (κ1) is 28.6. The molecule has 2 aromatic rings. The number of nitrogens with zero attached hydrogens (tertiary/aromatic N) is 4. The van der Waals surface area contributed by atoms with Crippen LogP contribution < -0.4 is 10.2 Å². The maximum absolute atomic E-state index is 12.3. The topological polar surface area (TPSA) is 111 Å². The molecule has 3 aliphatic rings. The lowest BCUT2D eigenvalue weighted by atomic mass is 9.90. The first-order valence-electron chi connectivity index (χ1n) is 14.2. The molecule has 5 rings (SSSR count). The molecule has 2 fully saturated rings.